The summed E-state index contributed by atoms with van der Waals surface area (Å²) in [4.78, 5) is 22.6. The standard InChI is InChI=1S/C12H11F2NO3/c13-7-1-2-9(8(14)5-7)15-6-10(16)12(3-4-12)11(17)18/h1-2,5,15H,3-4,6H2,(H,17,18). The van der Waals surface area contributed by atoms with E-state index in [0.717, 1.165) is 12.1 Å². The number of carbonyl (C=O) groups is 2. The van der Waals surface area contributed by atoms with Gasteiger partial charge in [-0.3, -0.25) is 9.59 Å². The van der Waals surface area contributed by atoms with Gasteiger partial charge in [-0.2, -0.15) is 0 Å². The number of hydrogen-bond acceptors (Lipinski definition) is 3. The van der Waals surface area contributed by atoms with Gasteiger partial charge in [0, 0.05) is 6.07 Å². The fourth-order valence-corrected chi connectivity index (χ4v) is 1.71. The minimum absolute atomic E-state index is 0.0223. The zero-order chi connectivity index (χ0) is 13.3. The van der Waals surface area contributed by atoms with Crippen LogP contribution in [0.5, 0.6) is 0 Å². The average molecular weight is 255 g/mol. The summed E-state index contributed by atoms with van der Waals surface area (Å²) in [7, 11) is 0. The summed E-state index contributed by atoms with van der Waals surface area (Å²) in [5, 5.41) is 11.4. The molecule has 4 nitrogen and oxygen atoms in total. The number of benzene rings is 1. The van der Waals surface area contributed by atoms with Gasteiger partial charge >= 0.3 is 5.97 Å². The Morgan fingerprint density at radius 3 is 2.50 bits per heavy atom. The molecular formula is C12H11F2NO3. The van der Waals surface area contributed by atoms with Gasteiger partial charge in [-0.15, -0.1) is 0 Å². The van der Waals surface area contributed by atoms with E-state index < -0.39 is 28.8 Å². The predicted octanol–water partition coefficient (Wildman–Crippen LogP) is 1.81. The first kappa shape index (κ1) is 12.5. The van der Waals surface area contributed by atoms with E-state index in [2.05, 4.69) is 5.32 Å². The van der Waals surface area contributed by atoms with E-state index in [9.17, 15) is 18.4 Å². The summed E-state index contributed by atoms with van der Waals surface area (Å²) in [6, 6.07) is 2.91. The van der Waals surface area contributed by atoms with E-state index in [-0.39, 0.29) is 12.2 Å². The van der Waals surface area contributed by atoms with Crippen LogP contribution in [0.15, 0.2) is 18.2 Å². The van der Waals surface area contributed by atoms with Crippen LogP contribution in [0.3, 0.4) is 0 Å². The van der Waals surface area contributed by atoms with Crippen molar-refractivity contribution in [2.24, 2.45) is 5.41 Å². The molecular weight excluding hydrogens is 244 g/mol. The minimum Gasteiger partial charge on any atom is -0.480 e. The Labute approximate surface area is 102 Å². The zero-order valence-electron chi connectivity index (χ0n) is 9.37. The molecule has 0 bridgehead atoms. The highest BCUT2D eigenvalue weighted by Gasteiger charge is 2.56. The zero-order valence-corrected chi connectivity index (χ0v) is 9.37. The lowest BCUT2D eigenvalue weighted by Gasteiger charge is -2.11. The number of nitrogens with one attached hydrogen (secondary N) is 1. The molecule has 0 radical (unpaired) electrons. The highest BCUT2D eigenvalue weighted by Crippen LogP contribution is 2.46. The van der Waals surface area contributed by atoms with Crippen LogP contribution >= 0.6 is 0 Å². The maximum absolute atomic E-state index is 13.2. The number of carbonyl (C=O) groups excluding carboxylic acids is 1. The van der Waals surface area contributed by atoms with Crippen molar-refractivity contribution in [2.75, 3.05) is 11.9 Å². The number of halogens is 2. The van der Waals surface area contributed by atoms with Gasteiger partial charge in [-0.25, -0.2) is 8.78 Å². The third-order valence-corrected chi connectivity index (χ3v) is 3.06. The third kappa shape index (κ3) is 2.18. The smallest absolute Gasteiger partial charge is 0.317 e. The van der Waals surface area contributed by atoms with Crippen LogP contribution < -0.4 is 5.32 Å². The van der Waals surface area contributed by atoms with Crippen molar-refractivity contribution in [1.29, 1.82) is 0 Å². The molecule has 0 aromatic heterocycles. The molecule has 1 aliphatic carbocycles. The molecule has 1 aromatic rings. The van der Waals surface area contributed by atoms with Crippen LogP contribution in [0.2, 0.25) is 0 Å². The van der Waals surface area contributed by atoms with Crippen molar-refractivity contribution in [3.63, 3.8) is 0 Å². The van der Waals surface area contributed by atoms with E-state index in [0.29, 0.717) is 18.9 Å². The Hall–Kier alpha value is -1.98. The highest BCUT2D eigenvalue weighted by molar-refractivity contribution is 6.07. The van der Waals surface area contributed by atoms with E-state index in [1.165, 1.54) is 0 Å². The number of Topliss-reactive ketones (excluding diaryl/α,β-unsaturated/α-hetero) is 1. The fraction of sp³-hybridized carbons (Fsp3) is 0.333. The third-order valence-electron chi connectivity index (χ3n) is 3.06. The second-order valence-electron chi connectivity index (χ2n) is 4.29. The van der Waals surface area contributed by atoms with Gasteiger partial charge in [0.2, 0.25) is 0 Å². The molecule has 0 amide bonds. The number of carboxylic acid groups (broad SMARTS) is 1. The Morgan fingerprint density at radius 2 is 2.00 bits per heavy atom. The summed E-state index contributed by atoms with van der Waals surface area (Å²) >= 11 is 0. The molecule has 96 valence electrons. The molecule has 2 N–H and O–H groups in total. The summed E-state index contributed by atoms with van der Waals surface area (Å²) in [6.45, 7) is -0.283. The Balaban J connectivity index is 2.00. The maximum atomic E-state index is 13.2. The molecule has 1 saturated carbocycles. The SMILES string of the molecule is O=C(O)C1(C(=O)CNc2ccc(F)cc2F)CC1. The van der Waals surface area contributed by atoms with Crippen molar-refractivity contribution in [2.45, 2.75) is 12.8 Å². The maximum Gasteiger partial charge on any atom is 0.317 e. The predicted molar refractivity (Wildman–Crippen MR) is 59.2 cm³/mol. The molecule has 18 heavy (non-hydrogen) atoms. The lowest BCUT2D eigenvalue weighted by atomic mass is 10.0. The van der Waals surface area contributed by atoms with Gasteiger partial charge in [-0.05, 0) is 25.0 Å². The molecule has 1 fully saturated rings. The topological polar surface area (TPSA) is 66.4 Å². The molecule has 6 heteroatoms. The van der Waals surface area contributed by atoms with Gasteiger partial charge in [0.15, 0.2) is 5.78 Å². The van der Waals surface area contributed by atoms with Crippen molar-refractivity contribution >= 4 is 17.4 Å². The largest absolute Gasteiger partial charge is 0.480 e. The second-order valence-corrected chi connectivity index (χ2v) is 4.29. The Bertz CT molecular complexity index is 512. The molecule has 0 aliphatic heterocycles. The lowest BCUT2D eigenvalue weighted by molar-refractivity contribution is -0.147. The number of carboxylic acids is 1. The van der Waals surface area contributed by atoms with Crippen LogP contribution in [-0.2, 0) is 9.59 Å². The molecule has 1 aromatic carbocycles. The first-order chi connectivity index (χ1) is 8.45. The van der Waals surface area contributed by atoms with Gasteiger partial charge in [0.25, 0.3) is 0 Å². The Kier molecular flexibility index (Phi) is 3.02. The summed E-state index contributed by atoms with van der Waals surface area (Å²) in [5.41, 5.74) is -1.32. The summed E-state index contributed by atoms with van der Waals surface area (Å²) in [5.74, 6) is -3.16. The van der Waals surface area contributed by atoms with E-state index >= 15 is 0 Å². The number of hydrogen-bond donors (Lipinski definition) is 2. The van der Waals surface area contributed by atoms with E-state index in [1.807, 2.05) is 0 Å². The van der Waals surface area contributed by atoms with Gasteiger partial charge in [-0.1, -0.05) is 0 Å². The molecule has 0 saturated heterocycles. The van der Waals surface area contributed by atoms with Crippen LogP contribution in [0, 0.1) is 17.0 Å². The second kappa shape index (κ2) is 4.36. The van der Waals surface area contributed by atoms with Crippen molar-refractivity contribution in [1.82, 2.24) is 0 Å². The molecule has 0 atom stereocenters. The van der Waals surface area contributed by atoms with Gasteiger partial charge in [0.1, 0.15) is 17.0 Å². The van der Waals surface area contributed by atoms with E-state index in [4.69, 9.17) is 5.11 Å². The van der Waals surface area contributed by atoms with E-state index in [1.54, 1.807) is 0 Å². The summed E-state index contributed by atoms with van der Waals surface area (Å²) < 4.78 is 25.9. The van der Waals surface area contributed by atoms with Gasteiger partial charge in [0.05, 0.1) is 12.2 Å². The fourth-order valence-electron chi connectivity index (χ4n) is 1.71. The molecule has 2 rings (SSSR count). The van der Waals surface area contributed by atoms with Crippen molar-refractivity contribution < 1.29 is 23.5 Å². The van der Waals surface area contributed by atoms with Crippen LogP contribution in [0.4, 0.5) is 14.5 Å². The number of aliphatic carboxylic acids is 1. The number of ketones is 1. The Morgan fingerprint density at radius 1 is 1.33 bits per heavy atom. The van der Waals surface area contributed by atoms with Crippen molar-refractivity contribution in [3.05, 3.63) is 29.8 Å². The monoisotopic (exact) mass is 255 g/mol. The first-order valence-electron chi connectivity index (χ1n) is 5.41. The number of anilines is 1. The lowest BCUT2D eigenvalue weighted by Crippen LogP contribution is -2.31. The normalized spacial score (nSPS) is 16.1. The summed E-state index contributed by atoms with van der Waals surface area (Å²) in [6.07, 6.45) is 0.628. The van der Waals surface area contributed by atoms with Crippen molar-refractivity contribution in [3.8, 4) is 0 Å². The van der Waals surface area contributed by atoms with Crippen LogP contribution in [-0.4, -0.2) is 23.4 Å². The minimum atomic E-state index is -1.30. The molecule has 0 heterocycles. The highest BCUT2D eigenvalue weighted by atomic mass is 19.1. The quantitative estimate of drug-likeness (QED) is 0.787. The molecule has 0 unspecified atom stereocenters. The first-order valence-corrected chi connectivity index (χ1v) is 5.41. The average Bonchev–Trinajstić information content (AvgIpc) is 3.08. The van der Waals surface area contributed by atoms with Gasteiger partial charge < -0.3 is 10.4 Å². The van der Waals surface area contributed by atoms with Crippen LogP contribution in [0.1, 0.15) is 12.8 Å². The molecule has 1 aliphatic rings. The number of rotatable bonds is 5. The molecule has 0 spiro atoms. The van der Waals surface area contributed by atoms with Crippen LogP contribution in [0.25, 0.3) is 0 Å².